The summed E-state index contributed by atoms with van der Waals surface area (Å²) in [4.78, 5) is 10.2. The number of rotatable bonds is 4. The highest BCUT2D eigenvalue weighted by Crippen LogP contribution is 2.31. The first kappa shape index (κ1) is 14.2. The Balaban J connectivity index is 2.17. The molecule has 104 valence electrons. The van der Waals surface area contributed by atoms with E-state index in [1.54, 1.807) is 0 Å². The van der Waals surface area contributed by atoms with Gasteiger partial charge >= 0.3 is 5.97 Å². The first-order valence-electron chi connectivity index (χ1n) is 5.47. The van der Waals surface area contributed by atoms with Crippen molar-refractivity contribution in [2.75, 3.05) is 13.1 Å². The zero-order valence-electron chi connectivity index (χ0n) is 9.71. The molecule has 1 fully saturated rings. The summed E-state index contributed by atoms with van der Waals surface area (Å²) in [7, 11) is -3.86. The molecular weight excluding hydrogens is 297 g/mol. The molecule has 5 nitrogen and oxygen atoms in total. The normalized spacial score (nSPS) is 17.2. The summed E-state index contributed by atoms with van der Waals surface area (Å²) in [6.07, 6.45) is -0.0805. The van der Waals surface area contributed by atoms with Gasteiger partial charge in [0.15, 0.2) is 0 Å². The zero-order valence-corrected chi connectivity index (χ0v) is 11.3. The molecule has 0 aliphatic carbocycles. The lowest BCUT2D eigenvalue weighted by Gasteiger charge is -2.37. The van der Waals surface area contributed by atoms with Gasteiger partial charge in [0.05, 0.1) is 11.4 Å². The van der Waals surface area contributed by atoms with Gasteiger partial charge in [0.25, 0.3) is 0 Å². The molecule has 0 spiro atoms. The summed E-state index contributed by atoms with van der Waals surface area (Å²) in [5, 5.41) is 8.54. The average Bonchev–Trinajstić information content (AvgIpc) is 2.25. The average molecular weight is 308 g/mol. The van der Waals surface area contributed by atoms with Gasteiger partial charge in [-0.05, 0) is 24.1 Å². The van der Waals surface area contributed by atoms with Crippen LogP contribution in [0.5, 0.6) is 0 Å². The fraction of sp³-hybridized carbons (Fsp3) is 0.364. The molecule has 0 aromatic heterocycles. The Morgan fingerprint density at radius 2 is 2.11 bits per heavy atom. The molecule has 0 amide bonds. The first-order chi connectivity index (χ1) is 8.80. The Kier molecular flexibility index (Phi) is 3.80. The van der Waals surface area contributed by atoms with Crippen LogP contribution in [0, 0.1) is 11.7 Å². The van der Waals surface area contributed by atoms with Crippen LogP contribution in [0.3, 0.4) is 0 Å². The maximum absolute atomic E-state index is 13.1. The molecule has 8 heteroatoms. The summed E-state index contributed by atoms with van der Waals surface area (Å²) in [5.41, 5.74) is 0. The van der Waals surface area contributed by atoms with Crippen molar-refractivity contribution in [2.24, 2.45) is 5.92 Å². The number of sulfonamides is 1. The quantitative estimate of drug-likeness (QED) is 0.916. The summed E-state index contributed by atoms with van der Waals surface area (Å²) < 4.78 is 38.5. The minimum absolute atomic E-state index is 0.0527. The van der Waals surface area contributed by atoms with Crippen LogP contribution >= 0.6 is 11.6 Å². The van der Waals surface area contributed by atoms with Gasteiger partial charge in [0.2, 0.25) is 10.0 Å². The Morgan fingerprint density at radius 3 is 2.68 bits per heavy atom. The molecule has 0 radical (unpaired) electrons. The number of carbonyl (C=O) groups is 1. The van der Waals surface area contributed by atoms with Crippen LogP contribution < -0.4 is 0 Å². The molecular formula is C11H11ClFNO4S. The zero-order chi connectivity index (χ0) is 14.2. The number of hydrogen-bond donors (Lipinski definition) is 1. The lowest BCUT2D eigenvalue weighted by atomic mass is 10.00. The standard InChI is InChI=1S/C11H11ClFNO4S/c12-9-2-1-8(13)4-10(9)19(17,18)14-5-7(6-14)3-11(15)16/h1-2,4,7H,3,5-6H2,(H,15,16). The molecule has 2 rings (SSSR count). The van der Waals surface area contributed by atoms with Crippen LogP contribution in [-0.2, 0) is 14.8 Å². The van der Waals surface area contributed by atoms with Gasteiger partial charge in [-0.1, -0.05) is 11.6 Å². The minimum Gasteiger partial charge on any atom is -0.481 e. The summed E-state index contributed by atoms with van der Waals surface area (Å²) in [6.45, 7) is 0.225. The molecule has 0 saturated carbocycles. The number of carboxylic acids is 1. The molecule has 1 aromatic carbocycles. The third-order valence-corrected chi connectivity index (χ3v) is 5.21. The number of hydrogen-bond acceptors (Lipinski definition) is 3. The van der Waals surface area contributed by atoms with E-state index in [-0.39, 0.29) is 35.3 Å². The third kappa shape index (κ3) is 2.88. The fourth-order valence-corrected chi connectivity index (χ4v) is 3.99. The van der Waals surface area contributed by atoms with Gasteiger partial charge in [0, 0.05) is 13.1 Å². The molecule has 1 aliphatic heterocycles. The van der Waals surface area contributed by atoms with E-state index in [0.717, 1.165) is 16.4 Å². The smallest absolute Gasteiger partial charge is 0.303 e. The molecule has 1 N–H and O–H groups in total. The number of aliphatic carboxylic acids is 1. The molecule has 0 unspecified atom stereocenters. The second-order valence-electron chi connectivity index (χ2n) is 4.36. The Hall–Kier alpha value is -1.18. The third-order valence-electron chi connectivity index (χ3n) is 2.90. The van der Waals surface area contributed by atoms with E-state index >= 15 is 0 Å². The summed E-state index contributed by atoms with van der Waals surface area (Å²) >= 11 is 5.76. The van der Waals surface area contributed by atoms with Gasteiger partial charge in [-0.15, -0.1) is 0 Å². The van der Waals surface area contributed by atoms with Gasteiger partial charge in [-0.2, -0.15) is 4.31 Å². The second kappa shape index (κ2) is 5.07. The largest absolute Gasteiger partial charge is 0.481 e. The van der Waals surface area contributed by atoms with Crippen molar-refractivity contribution in [3.8, 4) is 0 Å². The van der Waals surface area contributed by atoms with E-state index in [2.05, 4.69) is 0 Å². The maximum atomic E-state index is 13.1. The maximum Gasteiger partial charge on any atom is 0.303 e. The van der Waals surface area contributed by atoms with Crippen molar-refractivity contribution in [1.82, 2.24) is 4.31 Å². The number of benzene rings is 1. The Morgan fingerprint density at radius 1 is 1.47 bits per heavy atom. The van der Waals surface area contributed by atoms with Crippen molar-refractivity contribution in [3.63, 3.8) is 0 Å². The molecule has 1 heterocycles. The lowest BCUT2D eigenvalue weighted by Crippen LogP contribution is -2.50. The molecule has 1 aliphatic rings. The number of carboxylic acid groups (broad SMARTS) is 1. The van der Waals surface area contributed by atoms with Crippen LogP contribution in [0.1, 0.15) is 6.42 Å². The van der Waals surface area contributed by atoms with Crippen LogP contribution in [0.2, 0.25) is 5.02 Å². The van der Waals surface area contributed by atoms with Crippen molar-refractivity contribution >= 4 is 27.6 Å². The molecule has 0 atom stereocenters. The van der Waals surface area contributed by atoms with Crippen LogP contribution in [0.25, 0.3) is 0 Å². The highest BCUT2D eigenvalue weighted by atomic mass is 35.5. The number of halogens is 2. The highest BCUT2D eigenvalue weighted by Gasteiger charge is 2.38. The van der Waals surface area contributed by atoms with Crippen molar-refractivity contribution < 1.29 is 22.7 Å². The highest BCUT2D eigenvalue weighted by molar-refractivity contribution is 7.89. The summed E-state index contributed by atoms with van der Waals surface area (Å²) in [6, 6.07) is 3.12. The molecule has 0 bridgehead atoms. The predicted octanol–water partition coefficient (Wildman–Crippen LogP) is 1.57. The van der Waals surface area contributed by atoms with Gasteiger partial charge < -0.3 is 5.11 Å². The lowest BCUT2D eigenvalue weighted by molar-refractivity contribution is -0.139. The topological polar surface area (TPSA) is 74.7 Å². The Labute approximate surface area is 114 Å². The van der Waals surface area contributed by atoms with E-state index in [4.69, 9.17) is 16.7 Å². The number of nitrogens with zero attached hydrogens (tertiary/aromatic N) is 1. The monoisotopic (exact) mass is 307 g/mol. The van der Waals surface area contributed by atoms with E-state index in [9.17, 15) is 17.6 Å². The van der Waals surface area contributed by atoms with E-state index in [1.807, 2.05) is 0 Å². The van der Waals surface area contributed by atoms with Crippen molar-refractivity contribution in [2.45, 2.75) is 11.3 Å². The predicted molar refractivity (Wildman–Crippen MR) is 65.9 cm³/mol. The minimum atomic E-state index is -3.86. The van der Waals surface area contributed by atoms with E-state index in [0.29, 0.717) is 0 Å². The van der Waals surface area contributed by atoms with E-state index in [1.165, 1.54) is 6.07 Å². The fourth-order valence-electron chi connectivity index (χ4n) is 1.91. The van der Waals surface area contributed by atoms with Gasteiger partial charge in [0.1, 0.15) is 10.7 Å². The van der Waals surface area contributed by atoms with Crippen LogP contribution in [-0.4, -0.2) is 36.9 Å². The molecule has 1 saturated heterocycles. The van der Waals surface area contributed by atoms with E-state index < -0.39 is 21.8 Å². The van der Waals surface area contributed by atoms with Crippen LogP contribution in [0.4, 0.5) is 4.39 Å². The summed E-state index contributed by atoms with van der Waals surface area (Å²) in [5.74, 6) is -1.86. The second-order valence-corrected chi connectivity index (χ2v) is 6.67. The van der Waals surface area contributed by atoms with Gasteiger partial charge in [-0.25, -0.2) is 12.8 Å². The first-order valence-corrected chi connectivity index (χ1v) is 7.29. The van der Waals surface area contributed by atoms with Crippen molar-refractivity contribution in [1.29, 1.82) is 0 Å². The SMILES string of the molecule is O=C(O)CC1CN(S(=O)(=O)c2cc(F)ccc2Cl)C1. The van der Waals surface area contributed by atoms with Crippen LogP contribution in [0.15, 0.2) is 23.1 Å². The molecule has 19 heavy (non-hydrogen) atoms. The van der Waals surface area contributed by atoms with Crippen molar-refractivity contribution in [3.05, 3.63) is 29.0 Å². The Bertz CT molecular complexity index is 613. The molecule has 1 aromatic rings. The van der Waals surface area contributed by atoms with Gasteiger partial charge in [-0.3, -0.25) is 4.79 Å².